The molecule has 24 heavy (non-hydrogen) atoms. The normalized spacial score (nSPS) is 11.1. The Morgan fingerprint density at radius 3 is 2.54 bits per heavy atom. The van der Waals surface area contributed by atoms with Gasteiger partial charge in [0.25, 0.3) is 0 Å². The lowest BCUT2D eigenvalue weighted by molar-refractivity contribution is 0.466. The predicted octanol–water partition coefficient (Wildman–Crippen LogP) is 4.46. The molecule has 0 aliphatic heterocycles. The molecule has 0 bridgehead atoms. The average molecular weight is 338 g/mol. The van der Waals surface area contributed by atoms with Crippen LogP contribution in [0.25, 0.3) is 21.7 Å². The van der Waals surface area contributed by atoms with Gasteiger partial charge in [0.05, 0.1) is 5.39 Å². The number of hydrogen-bond acceptors (Lipinski definition) is 7. The van der Waals surface area contributed by atoms with Crippen molar-refractivity contribution in [1.82, 2.24) is 20.2 Å². The number of fused-ring (bicyclic) bond motifs is 1. The highest BCUT2D eigenvalue weighted by molar-refractivity contribution is 7.18. The second-order valence-electron chi connectivity index (χ2n) is 5.41. The lowest BCUT2D eigenvalue weighted by atomic mass is 10.2. The van der Waals surface area contributed by atoms with Crippen LogP contribution in [0.3, 0.4) is 0 Å². The number of hydrogen-bond donors (Lipinski definition) is 0. The van der Waals surface area contributed by atoms with Crippen molar-refractivity contribution in [3.63, 3.8) is 0 Å². The number of aryl methyl sites for hydroxylation is 3. The minimum Gasteiger partial charge on any atom is -0.438 e. The van der Waals surface area contributed by atoms with Crippen molar-refractivity contribution in [3.05, 3.63) is 46.9 Å². The first-order valence-electron chi connectivity index (χ1n) is 7.40. The minimum atomic E-state index is 0.478. The van der Waals surface area contributed by atoms with Gasteiger partial charge in [-0.3, -0.25) is 0 Å². The number of aromatic nitrogens is 4. The summed E-state index contributed by atoms with van der Waals surface area (Å²) in [7, 11) is 0. The molecule has 3 aromatic heterocycles. The van der Waals surface area contributed by atoms with Gasteiger partial charge in [-0.2, -0.15) is 4.98 Å². The Labute approximate surface area is 142 Å². The number of nitrogens with zero attached hydrogens (tertiary/aromatic N) is 4. The molecule has 0 atom stereocenters. The maximum absolute atomic E-state index is 6.03. The fraction of sp³-hybridized carbons (Fsp3) is 0.176. The second kappa shape index (κ2) is 5.68. The topological polar surface area (TPSA) is 73.9 Å². The molecule has 4 aromatic rings. The first-order chi connectivity index (χ1) is 11.6. The molecule has 0 aliphatic carbocycles. The molecule has 0 saturated carbocycles. The zero-order valence-corrected chi connectivity index (χ0v) is 14.2. The number of rotatable bonds is 3. The van der Waals surface area contributed by atoms with E-state index < -0.39 is 0 Å². The molecule has 0 aliphatic rings. The Bertz CT molecular complexity index is 1010. The summed E-state index contributed by atoms with van der Waals surface area (Å²) in [6, 6.07) is 7.47. The van der Waals surface area contributed by atoms with E-state index in [1.165, 1.54) is 11.3 Å². The summed E-state index contributed by atoms with van der Waals surface area (Å²) in [5, 5.41) is 8.55. The summed E-state index contributed by atoms with van der Waals surface area (Å²) in [6.07, 6.45) is 1.31. The molecule has 6 nitrogen and oxygen atoms in total. The summed E-state index contributed by atoms with van der Waals surface area (Å²) in [5.41, 5.74) is 2.00. The lowest BCUT2D eigenvalue weighted by Crippen LogP contribution is -1.94. The molecular weight excluding hydrogens is 324 g/mol. The minimum absolute atomic E-state index is 0.478. The predicted molar refractivity (Wildman–Crippen MR) is 91.4 cm³/mol. The van der Waals surface area contributed by atoms with E-state index in [9.17, 15) is 0 Å². The van der Waals surface area contributed by atoms with E-state index in [4.69, 9.17) is 9.15 Å². The molecule has 0 amide bonds. The van der Waals surface area contributed by atoms with Gasteiger partial charge in [-0.1, -0.05) is 0 Å². The van der Waals surface area contributed by atoms with Crippen molar-refractivity contribution in [3.8, 4) is 23.1 Å². The standard InChI is InChI=1S/C17H14N4O2S/c1-9-10(2)24-17-14(9)16(19-11(3)20-17)23-13-6-4-12(5-7-13)15-21-18-8-22-15/h4-8H,1-3H3. The van der Waals surface area contributed by atoms with Crippen LogP contribution in [0.1, 0.15) is 16.3 Å². The van der Waals surface area contributed by atoms with Gasteiger partial charge in [-0.05, 0) is 50.6 Å². The molecule has 120 valence electrons. The summed E-state index contributed by atoms with van der Waals surface area (Å²) >= 11 is 1.66. The van der Waals surface area contributed by atoms with E-state index in [0.717, 1.165) is 21.3 Å². The van der Waals surface area contributed by atoms with Crippen LogP contribution in [0.5, 0.6) is 11.6 Å². The lowest BCUT2D eigenvalue weighted by Gasteiger charge is -2.08. The maximum atomic E-state index is 6.03. The molecule has 0 spiro atoms. The Morgan fingerprint density at radius 2 is 1.83 bits per heavy atom. The van der Waals surface area contributed by atoms with Crippen LogP contribution in [0, 0.1) is 20.8 Å². The fourth-order valence-electron chi connectivity index (χ4n) is 2.46. The van der Waals surface area contributed by atoms with Crippen LogP contribution in [-0.4, -0.2) is 20.2 Å². The quantitative estimate of drug-likeness (QED) is 0.549. The third-order valence-electron chi connectivity index (χ3n) is 3.78. The Morgan fingerprint density at radius 1 is 1.04 bits per heavy atom. The Kier molecular flexibility index (Phi) is 3.50. The summed E-state index contributed by atoms with van der Waals surface area (Å²) in [4.78, 5) is 11.2. The molecule has 7 heteroatoms. The molecule has 0 saturated heterocycles. The zero-order chi connectivity index (χ0) is 16.7. The maximum Gasteiger partial charge on any atom is 0.247 e. The van der Waals surface area contributed by atoms with Gasteiger partial charge >= 0.3 is 0 Å². The number of thiophene rings is 1. The van der Waals surface area contributed by atoms with Crippen molar-refractivity contribution < 1.29 is 9.15 Å². The molecule has 0 fully saturated rings. The van der Waals surface area contributed by atoms with Crippen LogP contribution < -0.4 is 4.74 Å². The van der Waals surface area contributed by atoms with E-state index in [1.807, 2.05) is 31.2 Å². The first kappa shape index (κ1) is 14.8. The van der Waals surface area contributed by atoms with E-state index in [0.29, 0.717) is 23.3 Å². The molecule has 0 unspecified atom stereocenters. The SMILES string of the molecule is Cc1nc(Oc2ccc(-c3nnco3)cc2)c2c(C)c(C)sc2n1. The van der Waals surface area contributed by atoms with Crippen molar-refractivity contribution in [2.75, 3.05) is 0 Å². The second-order valence-corrected chi connectivity index (χ2v) is 6.61. The van der Waals surface area contributed by atoms with Gasteiger partial charge in [-0.25, -0.2) is 4.98 Å². The van der Waals surface area contributed by atoms with Crippen molar-refractivity contribution in [2.45, 2.75) is 20.8 Å². The summed E-state index contributed by atoms with van der Waals surface area (Å²) in [5.74, 6) is 2.46. The molecular formula is C17H14N4O2S. The molecule has 4 rings (SSSR count). The highest BCUT2D eigenvalue weighted by atomic mass is 32.1. The van der Waals surface area contributed by atoms with Crippen molar-refractivity contribution in [2.24, 2.45) is 0 Å². The smallest absolute Gasteiger partial charge is 0.247 e. The third-order valence-corrected chi connectivity index (χ3v) is 4.88. The molecule has 0 radical (unpaired) electrons. The summed E-state index contributed by atoms with van der Waals surface area (Å²) in [6.45, 7) is 6.02. The van der Waals surface area contributed by atoms with Crippen LogP contribution in [-0.2, 0) is 0 Å². The van der Waals surface area contributed by atoms with Crippen molar-refractivity contribution >= 4 is 21.6 Å². The monoisotopic (exact) mass is 338 g/mol. The highest BCUT2D eigenvalue weighted by Gasteiger charge is 2.15. The largest absolute Gasteiger partial charge is 0.438 e. The summed E-state index contributed by atoms with van der Waals surface area (Å²) < 4.78 is 11.2. The van der Waals surface area contributed by atoms with E-state index in [2.05, 4.69) is 34.0 Å². The van der Waals surface area contributed by atoms with Gasteiger partial charge in [0, 0.05) is 10.4 Å². The Hall–Kier alpha value is -2.80. The zero-order valence-electron chi connectivity index (χ0n) is 13.4. The highest BCUT2D eigenvalue weighted by Crippen LogP contribution is 2.36. The Balaban J connectivity index is 1.71. The van der Waals surface area contributed by atoms with Crippen LogP contribution >= 0.6 is 11.3 Å². The molecule has 3 heterocycles. The third kappa shape index (κ3) is 2.52. The van der Waals surface area contributed by atoms with Gasteiger partial charge in [0.2, 0.25) is 18.2 Å². The van der Waals surface area contributed by atoms with Crippen LogP contribution in [0.2, 0.25) is 0 Å². The first-order valence-corrected chi connectivity index (χ1v) is 8.22. The van der Waals surface area contributed by atoms with E-state index in [1.54, 1.807) is 11.3 Å². The van der Waals surface area contributed by atoms with Crippen molar-refractivity contribution in [1.29, 1.82) is 0 Å². The van der Waals surface area contributed by atoms with Gasteiger partial charge in [-0.15, -0.1) is 21.5 Å². The van der Waals surface area contributed by atoms with Gasteiger partial charge in [0.1, 0.15) is 16.4 Å². The van der Waals surface area contributed by atoms with Gasteiger partial charge in [0.15, 0.2) is 0 Å². The van der Waals surface area contributed by atoms with Crippen LogP contribution in [0.15, 0.2) is 35.1 Å². The number of ether oxygens (including phenoxy) is 1. The molecule has 1 aromatic carbocycles. The van der Waals surface area contributed by atoms with Crippen LogP contribution in [0.4, 0.5) is 0 Å². The van der Waals surface area contributed by atoms with E-state index in [-0.39, 0.29) is 0 Å². The van der Waals surface area contributed by atoms with E-state index >= 15 is 0 Å². The fourth-order valence-corrected chi connectivity index (χ4v) is 3.53. The number of benzene rings is 1. The molecule has 0 N–H and O–H groups in total. The average Bonchev–Trinajstić information content (AvgIpc) is 3.17. The van der Waals surface area contributed by atoms with Gasteiger partial charge < -0.3 is 9.15 Å².